The zero-order valence-corrected chi connectivity index (χ0v) is 14.1. The predicted octanol–water partition coefficient (Wildman–Crippen LogP) is 2.41. The molecule has 1 atom stereocenters. The van der Waals surface area contributed by atoms with Gasteiger partial charge in [0.25, 0.3) is 0 Å². The lowest BCUT2D eigenvalue weighted by Crippen LogP contribution is -2.47. The third-order valence-corrected chi connectivity index (χ3v) is 4.41. The van der Waals surface area contributed by atoms with Gasteiger partial charge in [0.2, 0.25) is 0 Å². The van der Waals surface area contributed by atoms with Crippen LogP contribution < -0.4 is 0 Å². The lowest BCUT2D eigenvalue weighted by Gasteiger charge is -2.36. The minimum Gasteiger partial charge on any atom is -0.493 e. The molecule has 0 N–H and O–H groups in total. The Labute approximate surface area is 141 Å². The van der Waals surface area contributed by atoms with Crippen LogP contribution in [0, 0.1) is 5.41 Å². The highest BCUT2D eigenvalue weighted by molar-refractivity contribution is 5.61. The smallest absolute Gasteiger partial charge is 0.493 e. The van der Waals surface area contributed by atoms with E-state index in [0.29, 0.717) is 18.6 Å². The summed E-state index contributed by atoms with van der Waals surface area (Å²) in [5, 5.41) is 0. The Morgan fingerprint density at radius 3 is 2.29 bits per heavy atom. The fourth-order valence-corrected chi connectivity index (χ4v) is 2.28. The zero-order chi connectivity index (χ0) is 17.6. The molecule has 2 fully saturated rings. The second-order valence-corrected chi connectivity index (χ2v) is 6.16. The van der Waals surface area contributed by atoms with Crippen LogP contribution in [0.3, 0.4) is 0 Å². The van der Waals surface area contributed by atoms with Gasteiger partial charge in [0.15, 0.2) is 0 Å². The van der Waals surface area contributed by atoms with Crippen molar-refractivity contribution in [2.75, 3.05) is 39.6 Å². The molecule has 2 heterocycles. The molecule has 2 saturated heterocycles. The Morgan fingerprint density at radius 1 is 1.08 bits per heavy atom. The summed E-state index contributed by atoms with van der Waals surface area (Å²) in [5.74, 6) is 0.554. The maximum absolute atomic E-state index is 11.9. The topological polar surface area (TPSA) is 89.5 Å². The molecule has 2 rings (SSSR count). The number of rotatable bonds is 6. The molecule has 0 aromatic heterocycles. The zero-order valence-electron chi connectivity index (χ0n) is 14.1. The molecule has 0 aromatic rings. The van der Waals surface area contributed by atoms with Crippen molar-refractivity contribution in [1.29, 1.82) is 0 Å². The largest absolute Gasteiger partial charge is 0.508 e. The summed E-state index contributed by atoms with van der Waals surface area (Å²) >= 11 is 0. The van der Waals surface area contributed by atoms with E-state index in [1.54, 1.807) is 0 Å². The molecular weight excluding hydrogens is 320 g/mol. The first-order valence-corrected chi connectivity index (χ1v) is 7.96. The quantitative estimate of drug-likeness (QED) is 0.679. The van der Waals surface area contributed by atoms with Crippen molar-refractivity contribution in [3.8, 4) is 0 Å². The van der Waals surface area contributed by atoms with Crippen LogP contribution in [0.15, 0.2) is 12.3 Å². The number of carbonyl (C=O) groups excluding carboxylic acids is 2. The average Bonchev–Trinajstić information content (AvgIpc) is 2.62. The Hall–Kier alpha value is -1.96. The molecule has 2 aliphatic heterocycles. The van der Waals surface area contributed by atoms with E-state index in [-0.39, 0.29) is 39.6 Å². The first-order chi connectivity index (χ1) is 11.4. The third-order valence-electron chi connectivity index (χ3n) is 4.41. The molecular formula is C16H24O8. The molecule has 8 heteroatoms. The second-order valence-electron chi connectivity index (χ2n) is 6.16. The van der Waals surface area contributed by atoms with Crippen molar-refractivity contribution >= 4 is 12.3 Å². The van der Waals surface area contributed by atoms with Gasteiger partial charge >= 0.3 is 12.3 Å². The Bertz CT molecular complexity index is 424. The molecule has 8 nitrogen and oxygen atoms in total. The van der Waals surface area contributed by atoms with Crippen molar-refractivity contribution in [2.45, 2.75) is 32.3 Å². The fraction of sp³-hybridized carbons (Fsp3) is 0.750. The summed E-state index contributed by atoms with van der Waals surface area (Å²) in [7, 11) is 0. The number of cyclic esters (lactones) is 2. The molecule has 0 aromatic carbocycles. The second kappa shape index (κ2) is 7.74. The Kier molecular flexibility index (Phi) is 5.93. The van der Waals surface area contributed by atoms with Gasteiger partial charge in [0.05, 0.1) is 5.41 Å². The van der Waals surface area contributed by atoms with Gasteiger partial charge in [-0.05, 0) is 12.8 Å². The van der Waals surface area contributed by atoms with E-state index in [1.165, 1.54) is 0 Å². The number of hydrogen-bond donors (Lipinski definition) is 0. The fourth-order valence-electron chi connectivity index (χ4n) is 2.28. The lowest BCUT2D eigenvalue weighted by molar-refractivity contribution is -0.156. The van der Waals surface area contributed by atoms with Crippen LogP contribution in [-0.4, -0.2) is 57.6 Å². The minimum absolute atomic E-state index is 0.0280. The standard InChI is InChI=1S/C16H24O8/c1-4-15(7-20-13(17)21-8-15)9-22-14(18)23-11-16(5-2)10-19-12(3)6-24-16/h3-11H2,1-2H3. The summed E-state index contributed by atoms with van der Waals surface area (Å²) in [5.41, 5.74) is -1.23. The van der Waals surface area contributed by atoms with Crippen molar-refractivity contribution in [1.82, 2.24) is 0 Å². The van der Waals surface area contributed by atoms with Gasteiger partial charge in [-0.1, -0.05) is 20.4 Å². The number of carbonyl (C=O) groups is 2. The molecule has 24 heavy (non-hydrogen) atoms. The summed E-state index contributed by atoms with van der Waals surface area (Å²) in [6, 6.07) is 0. The maximum Gasteiger partial charge on any atom is 0.508 e. The summed E-state index contributed by atoms with van der Waals surface area (Å²) in [6.07, 6.45) is -0.259. The summed E-state index contributed by atoms with van der Waals surface area (Å²) in [6.45, 7) is 8.43. The van der Waals surface area contributed by atoms with E-state index >= 15 is 0 Å². The average molecular weight is 344 g/mol. The van der Waals surface area contributed by atoms with Crippen LogP contribution >= 0.6 is 0 Å². The molecule has 2 aliphatic rings. The molecule has 0 bridgehead atoms. The van der Waals surface area contributed by atoms with Crippen LogP contribution in [0.5, 0.6) is 0 Å². The van der Waals surface area contributed by atoms with Gasteiger partial charge in [0.1, 0.15) is 51.0 Å². The van der Waals surface area contributed by atoms with Gasteiger partial charge in [-0.2, -0.15) is 0 Å². The van der Waals surface area contributed by atoms with Crippen LogP contribution in [-0.2, 0) is 28.4 Å². The first kappa shape index (κ1) is 18.4. The van der Waals surface area contributed by atoms with Crippen molar-refractivity contribution in [3.05, 3.63) is 12.3 Å². The monoisotopic (exact) mass is 344 g/mol. The lowest BCUT2D eigenvalue weighted by atomic mass is 9.87. The summed E-state index contributed by atoms with van der Waals surface area (Å²) < 4.78 is 31.2. The SMILES string of the molecule is C=C1COC(CC)(COC(=O)OCC2(CC)COC(=O)OC2)CO1. The third kappa shape index (κ3) is 4.53. The van der Waals surface area contributed by atoms with Crippen LogP contribution in [0.1, 0.15) is 26.7 Å². The highest BCUT2D eigenvalue weighted by Crippen LogP contribution is 2.28. The first-order valence-electron chi connectivity index (χ1n) is 7.96. The van der Waals surface area contributed by atoms with Crippen LogP contribution in [0.2, 0.25) is 0 Å². The highest BCUT2D eigenvalue weighted by Gasteiger charge is 2.39. The molecule has 0 aliphatic carbocycles. The van der Waals surface area contributed by atoms with E-state index in [9.17, 15) is 9.59 Å². The van der Waals surface area contributed by atoms with Crippen molar-refractivity contribution in [2.24, 2.45) is 5.41 Å². The molecule has 0 spiro atoms. The predicted molar refractivity (Wildman–Crippen MR) is 81.4 cm³/mol. The normalized spacial score (nSPS) is 25.9. The molecule has 1 unspecified atom stereocenters. The highest BCUT2D eigenvalue weighted by atomic mass is 16.7. The van der Waals surface area contributed by atoms with Crippen molar-refractivity contribution < 1.29 is 38.0 Å². The van der Waals surface area contributed by atoms with E-state index in [2.05, 4.69) is 6.58 Å². The number of ether oxygens (including phenoxy) is 6. The minimum atomic E-state index is -0.805. The van der Waals surface area contributed by atoms with Gasteiger partial charge in [-0.15, -0.1) is 0 Å². The van der Waals surface area contributed by atoms with Gasteiger partial charge < -0.3 is 28.4 Å². The Balaban J connectivity index is 1.78. The van der Waals surface area contributed by atoms with E-state index < -0.39 is 23.3 Å². The number of hydrogen-bond acceptors (Lipinski definition) is 8. The molecule has 136 valence electrons. The van der Waals surface area contributed by atoms with Crippen molar-refractivity contribution in [3.63, 3.8) is 0 Å². The molecule has 0 saturated carbocycles. The molecule has 0 amide bonds. The summed E-state index contributed by atoms with van der Waals surface area (Å²) in [4.78, 5) is 22.8. The Morgan fingerprint density at radius 2 is 1.75 bits per heavy atom. The van der Waals surface area contributed by atoms with E-state index in [4.69, 9.17) is 28.4 Å². The van der Waals surface area contributed by atoms with E-state index in [0.717, 1.165) is 0 Å². The van der Waals surface area contributed by atoms with E-state index in [1.807, 2.05) is 13.8 Å². The maximum atomic E-state index is 11.9. The van der Waals surface area contributed by atoms with Gasteiger partial charge in [-0.25, -0.2) is 9.59 Å². The van der Waals surface area contributed by atoms with Crippen LogP contribution in [0.4, 0.5) is 9.59 Å². The van der Waals surface area contributed by atoms with Gasteiger partial charge in [0, 0.05) is 0 Å². The van der Waals surface area contributed by atoms with Crippen LogP contribution in [0.25, 0.3) is 0 Å². The van der Waals surface area contributed by atoms with Gasteiger partial charge in [-0.3, -0.25) is 0 Å². The molecule has 0 radical (unpaired) electrons.